The summed E-state index contributed by atoms with van der Waals surface area (Å²) in [6, 6.07) is 6.68. The number of fused-ring (bicyclic) bond motifs is 1. The second-order valence-corrected chi connectivity index (χ2v) is 3.04. The molecule has 76 valence electrons. The molecule has 0 saturated heterocycles. The lowest BCUT2D eigenvalue weighted by Gasteiger charge is -1.99. The van der Waals surface area contributed by atoms with Gasteiger partial charge in [0.15, 0.2) is 0 Å². The summed E-state index contributed by atoms with van der Waals surface area (Å²) in [5, 5.41) is 17.2. The predicted octanol–water partition coefficient (Wildman–Crippen LogP) is 0.700. The van der Waals surface area contributed by atoms with Gasteiger partial charge in [-0.25, -0.2) is 5.10 Å². The fourth-order valence-corrected chi connectivity index (χ4v) is 1.41. The topological polar surface area (TPSA) is 88.9 Å². The number of aromatic nitrogens is 2. The fraction of sp³-hybridized carbons (Fsp3) is 0.111. The third kappa shape index (κ3) is 1.69. The Kier molecular flexibility index (Phi) is 2.17. The van der Waals surface area contributed by atoms with E-state index in [0.29, 0.717) is 10.8 Å². The minimum absolute atomic E-state index is 0.273. The third-order valence-electron chi connectivity index (χ3n) is 2.05. The number of nitrogens with one attached hydrogen (secondary N) is 1. The van der Waals surface area contributed by atoms with Gasteiger partial charge in [0.1, 0.15) is 5.69 Å². The normalized spacial score (nSPS) is 10.4. The molecule has 2 rings (SSSR count). The zero-order valence-corrected chi connectivity index (χ0v) is 7.64. The Balaban J connectivity index is 2.71. The van der Waals surface area contributed by atoms with E-state index in [9.17, 15) is 14.9 Å². The smallest absolute Gasteiger partial charge is 0.267 e. The Morgan fingerprint density at radius 3 is 2.67 bits per heavy atom. The van der Waals surface area contributed by atoms with Gasteiger partial charge >= 0.3 is 0 Å². The summed E-state index contributed by atoms with van der Waals surface area (Å²) in [4.78, 5) is 21.2. The van der Waals surface area contributed by atoms with E-state index in [4.69, 9.17) is 0 Å². The maximum Gasteiger partial charge on any atom is 0.272 e. The molecule has 0 aliphatic carbocycles. The molecule has 1 heterocycles. The van der Waals surface area contributed by atoms with Gasteiger partial charge in [-0.05, 0) is 6.07 Å². The first-order valence-electron chi connectivity index (χ1n) is 4.26. The number of benzene rings is 1. The van der Waals surface area contributed by atoms with Crippen LogP contribution in [-0.4, -0.2) is 15.1 Å². The van der Waals surface area contributed by atoms with Crippen LogP contribution >= 0.6 is 0 Å². The van der Waals surface area contributed by atoms with Crippen molar-refractivity contribution in [3.05, 3.63) is 50.4 Å². The summed E-state index contributed by atoms with van der Waals surface area (Å²) < 4.78 is 0. The second-order valence-electron chi connectivity index (χ2n) is 3.04. The monoisotopic (exact) mass is 205 g/mol. The number of rotatable bonds is 2. The molecule has 0 aliphatic rings. The van der Waals surface area contributed by atoms with Crippen LogP contribution in [0.25, 0.3) is 10.8 Å². The second kappa shape index (κ2) is 3.49. The standard InChI is InChI=1S/C9H7N3O3/c13-9-7-4-2-1-3-6(7)8(10-11-9)5-12(14)15/h1-4H,5H2,(H,11,13). The first kappa shape index (κ1) is 9.32. The summed E-state index contributed by atoms with van der Waals surface area (Å²) in [5.74, 6) is 0. The van der Waals surface area contributed by atoms with Gasteiger partial charge in [-0.2, -0.15) is 5.10 Å². The number of hydrogen-bond donors (Lipinski definition) is 1. The van der Waals surface area contributed by atoms with Gasteiger partial charge < -0.3 is 0 Å². The molecule has 0 spiro atoms. The van der Waals surface area contributed by atoms with Crippen molar-refractivity contribution >= 4 is 10.8 Å². The molecule has 0 fully saturated rings. The average Bonchev–Trinajstić information content (AvgIpc) is 2.22. The minimum atomic E-state index is -0.479. The summed E-state index contributed by atoms with van der Waals surface area (Å²) in [6.45, 7) is -0.392. The van der Waals surface area contributed by atoms with E-state index in [1.54, 1.807) is 24.3 Å². The largest absolute Gasteiger partial charge is 0.272 e. The molecule has 0 bridgehead atoms. The first-order chi connectivity index (χ1) is 7.18. The zero-order chi connectivity index (χ0) is 10.8. The molecular weight excluding hydrogens is 198 g/mol. The third-order valence-corrected chi connectivity index (χ3v) is 2.05. The number of H-pyrrole nitrogens is 1. The number of nitro groups is 1. The van der Waals surface area contributed by atoms with Crippen LogP contribution in [0.2, 0.25) is 0 Å². The molecule has 6 heteroatoms. The van der Waals surface area contributed by atoms with Crippen LogP contribution in [0, 0.1) is 10.1 Å². The van der Waals surface area contributed by atoms with Crippen LogP contribution in [0.5, 0.6) is 0 Å². The molecule has 15 heavy (non-hydrogen) atoms. The van der Waals surface area contributed by atoms with E-state index in [0.717, 1.165) is 0 Å². The molecule has 0 amide bonds. The highest BCUT2D eigenvalue weighted by Crippen LogP contribution is 2.12. The lowest BCUT2D eigenvalue weighted by molar-refractivity contribution is -0.497. The lowest BCUT2D eigenvalue weighted by atomic mass is 10.1. The van der Waals surface area contributed by atoms with E-state index in [1.807, 2.05) is 0 Å². The summed E-state index contributed by atoms with van der Waals surface area (Å²) in [6.07, 6.45) is 0. The summed E-state index contributed by atoms with van der Waals surface area (Å²) in [5.41, 5.74) is -0.0621. The van der Waals surface area contributed by atoms with Gasteiger partial charge in [0.25, 0.3) is 5.56 Å². The van der Waals surface area contributed by atoms with Gasteiger partial charge in [-0.1, -0.05) is 18.2 Å². The quantitative estimate of drug-likeness (QED) is 0.577. The van der Waals surface area contributed by atoms with Crippen molar-refractivity contribution in [3.8, 4) is 0 Å². The van der Waals surface area contributed by atoms with E-state index in [1.165, 1.54) is 0 Å². The Morgan fingerprint density at radius 1 is 1.33 bits per heavy atom. The highest BCUT2D eigenvalue weighted by Gasteiger charge is 2.10. The molecule has 2 aromatic rings. The van der Waals surface area contributed by atoms with Crippen molar-refractivity contribution < 1.29 is 4.92 Å². The summed E-state index contributed by atoms with van der Waals surface area (Å²) in [7, 11) is 0. The molecule has 1 aromatic heterocycles. The van der Waals surface area contributed by atoms with Crippen LogP contribution in [0.4, 0.5) is 0 Å². The molecule has 0 saturated carbocycles. The van der Waals surface area contributed by atoms with E-state index >= 15 is 0 Å². The van der Waals surface area contributed by atoms with Crippen LogP contribution < -0.4 is 5.56 Å². The van der Waals surface area contributed by atoms with Gasteiger partial charge in [-0.15, -0.1) is 0 Å². The van der Waals surface area contributed by atoms with Crippen molar-refractivity contribution in [3.63, 3.8) is 0 Å². The highest BCUT2D eigenvalue weighted by molar-refractivity contribution is 5.83. The Morgan fingerprint density at radius 2 is 2.00 bits per heavy atom. The number of aromatic amines is 1. The fourth-order valence-electron chi connectivity index (χ4n) is 1.41. The molecule has 0 radical (unpaired) electrons. The first-order valence-corrected chi connectivity index (χ1v) is 4.26. The Labute approximate surface area is 83.7 Å². The zero-order valence-electron chi connectivity index (χ0n) is 7.64. The molecule has 6 nitrogen and oxygen atoms in total. The van der Waals surface area contributed by atoms with Crippen LogP contribution in [0.1, 0.15) is 5.69 Å². The van der Waals surface area contributed by atoms with Crippen LogP contribution in [-0.2, 0) is 6.54 Å². The average molecular weight is 205 g/mol. The SMILES string of the molecule is O=c1[nH]nc(C[N+](=O)[O-])c2ccccc12. The lowest BCUT2D eigenvalue weighted by Crippen LogP contribution is -2.12. The maximum absolute atomic E-state index is 11.3. The molecule has 1 N–H and O–H groups in total. The highest BCUT2D eigenvalue weighted by atomic mass is 16.6. The van der Waals surface area contributed by atoms with Crippen LogP contribution in [0.3, 0.4) is 0 Å². The number of hydrogen-bond acceptors (Lipinski definition) is 4. The van der Waals surface area contributed by atoms with Gasteiger partial charge in [0, 0.05) is 10.3 Å². The van der Waals surface area contributed by atoms with Gasteiger partial charge in [0.2, 0.25) is 6.54 Å². The number of nitrogens with zero attached hydrogens (tertiary/aromatic N) is 2. The minimum Gasteiger partial charge on any atom is -0.267 e. The van der Waals surface area contributed by atoms with E-state index in [-0.39, 0.29) is 11.3 Å². The van der Waals surface area contributed by atoms with Gasteiger partial charge in [0.05, 0.1) is 5.39 Å². The molecule has 1 aromatic carbocycles. The Hall–Kier alpha value is -2.24. The molecule has 0 aliphatic heterocycles. The maximum atomic E-state index is 11.3. The van der Waals surface area contributed by atoms with Crippen molar-refractivity contribution in [2.24, 2.45) is 0 Å². The predicted molar refractivity (Wildman–Crippen MR) is 53.1 cm³/mol. The van der Waals surface area contributed by atoms with Crippen molar-refractivity contribution in [2.45, 2.75) is 6.54 Å². The van der Waals surface area contributed by atoms with E-state index < -0.39 is 11.5 Å². The van der Waals surface area contributed by atoms with Gasteiger partial charge in [-0.3, -0.25) is 14.9 Å². The van der Waals surface area contributed by atoms with E-state index in [2.05, 4.69) is 10.2 Å². The molecule has 0 atom stereocenters. The molecule has 0 unspecified atom stereocenters. The summed E-state index contributed by atoms with van der Waals surface area (Å²) >= 11 is 0. The van der Waals surface area contributed by atoms with Crippen LogP contribution in [0.15, 0.2) is 29.1 Å². The van der Waals surface area contributed by atoms with Crippen molar-refractivity contribution in [1.82, 2.24) is 10.2 Å². The Bertz CT molecular complexity index is 576. The molecular formula is C9H7N3O3. The van der Waals surface area contributed by atoms with Crippen molar-refractivity contribution in [2.75, 3.05) is 0 Å². The van der Waals surface area contributed by atoms with Crippen molar-refractivity contribution in [1.29, 1.82) is 0 Å².